The maximum absolute atomic E-state index is 11.3. The topological polar surface area (TPSA) is 98.8 Å². The molecule has 4 aliphatic rings. The van der Waals surface area contributed by atoms with Crippen LogP contribution in [-0.4, -0.2) is 47.2 Å². The Labute approximate surface area is 168 Å². The number of hydrogen-bond donors (Lipinski definition) is 3. The Bertz CT molecular complexity index is 489. The van der Waals surface area contributed by atoms with E-state index >= 15 is 0 Å². The molecular formula is C20H35NO5S. The molecular weight excluding hydrogens is 366 g/mol. The molecule has 0 saturated heterocycles. The average molecular weight is 402 g/mol. The fourth-order valence-electron chi connectivity index (χ4n) is 4.94. The molecule has 0 spiro atoms. The third-order valence-electron chi connectivity index (χ3n) is 5.88. The second-order valence-corrected chi connectivity index (χ2v) is 9.37. The lowest BCUT2D eigenvalue weighted by Crippen LogP contribution is -2.55. The van der Waals surface area contributed by atoms with Crippen molar-refractivity contribution in [1.29, 1.82) is 0 Å². The molecule has 7 heteroatoms. The molecule has 0 aromatic rings. The lowest BCUT2D eigenvalue weighted by molar-refractivity contribution is -0.171. The van der Waals surface area contributed by atoms with Gasteiger partial charge in [-0.05, 0) is 70.1 Å². The zero-order valence-corrected chi connectivity index (χ0v) is 17.6. The van der Waals surface area contributed by atoms with E-state index in [-0.39, 0.29) is 12.7 Å². The molecule has 2 atom stereocenters. The van der Waals surface area contributed by atoms with Crippen LogP contribution in [0.5, 0.6) is 0 Å². The molecule has 4 saturated carbocycles. The lowest BCUT2D eigenvalue weighted by atomic mass is 9.53. The summed E-state index contributed by atoms with van der Waals surface area (Å²) in [7, 11) is 0. The number of carboxylic acid groups (broad SMARTS) is 1. The van der Waals surface area contributed by atoms with Gasteiger partial charge < -0.3 is 20.3 Å². The normalized spacial score (nSPS) is 33.2. The van der Waals surface area contributed by atoms with Crippen molar-refractivity contribution < 1.29 is 24.2 Å². The zero-order valence-electron chi connectivity index (χ0n) is 16.7. The van der Waals surface area contributed by atoms with Crippen molar-refractivity contribution in [1.82, 2.24) is 0 Å². The Balaban J connectivity index is 0.000000203. The minimum Gasteiger partial charge on any atom is -0.478 e. The summed E-state index contributed by atoms with van der Waals surface area (Å²) in [6, 6.07) is 0. The number of carboxylic acids is 1. The van der Waals surface area contributed by atoms with Crippen molar-refractivity contribution >= 4 is 24.6 Å². The summed E-state index contributed by atoms with van der Waals surface area (Å²) in [5.41, 5.74) is 6.62. The summed E-state index contributed by atoms with van der Waals surface area (Å²) < 4.78 is 9.91. The Morgan fingerprint density at radius 1 is 1.11 bits per heavy atom. The first-order valence-electron chi connectivity index (χ1n) is 10.1. The van der Waals surface area contributed by atoms with Gasteiger partial charge >= 0.3 is 11.9 Å². The highest BCUT2D eigenvalue weighted by Gasteiger charge is 2.48. The molecule has 0 unspecified atom stereocenters. The molecule has 4 fully saturated rings. The Morgan fingerprint density at radius 3 is 1.93 bits per heavy atom. The molecule has 156 valence electrons. The zero-order chi connectivity index (χ0) is 20.2. The number of esters is 1. The Kier molecular flexibility index (Phi) is 8.01. The van der Waals surface area contributed by atoms with E-state index in [2.05, 4.69) is 12.6 Å². The number of ether oxygens (including phenoxy) is 2. The van der Waals surface area contributed by atoms with E-state index in [9.17, 15) is 9.59 Å². The second kappa shape index (κ2) is 9.61. The third kappa shape index (κ3) is 6.64. The summed E-state index contributed by atoms with van der Waals surface area (Å²) in [5.74, 6) is 1.17. The summed E-state index contributed by atoms with van der Waals surface area (Å²) in [6.07, 6.45) is 7.21. The minimum absolute atomic E-state index is 0.108. The van der Waals surface area contributed by atoms with Crippen LogP contribution in [0.25, 0.3) is 0 Å². The van der Waals surface area contributed by atoms with E-state index in [0.717, 1.165) is 17.8 Å². The van der Waals surface area contributed by atoms with E-state index in [4.69, 9.17) is 20.3 Å². The molecule has 0 radical (unpaired) electrons. The van der Waals surface area contributed by atoms with Gasteiger partial charge in [-0.1, -0.05) is 6.92 Å². The molecule has 4 aliphatic carbocycles. The van der Waals surface area contributed by atoms with Crippen LogP contribution in [0.4, 0.5) is 0 Å². The van der Waals surface area contributed by atoms with Crippen molar-refractivity contribution in [2.45, 2.75) is 77.0 Å². The van der Waals surface area contributed by atoms with Crippen molar-refractivity contribution in [2.24, 2.45) is 29.4 Å². The average Bonchev–Trinajstić information content (AvgIpc) is 2.55. The van der Waals surface area contributed by atoms with Crippen molar-refractivity contribution in [3.8, 4) is 0 Å². The van der Waals surface area contributed by atoms with Crippen molar-refractivity contribution in [2.75, 3.05) is 12.4 Å². The van der Waals surface area contributed by atoms with Gasteiger partial charge in [0.15, 0.2) is 0 Å². The predicted octanol–water partition coefficient (Wildman–Crippen LogP) is 2.89. The lowest BCUT2D eigenvalue weighted by Gasteiger charge is -2.55. The van der Waals surface area contributed by atoms with Gasteiger partial charge in [0.1, 0.15) is 0 Å². The predicted molar refractivity (Wildman–Crippen MR) is 107 cm³/mol. The minimum atomic E-state index is -1.25. The largest absolute Gasteiger partial charge is 0.478 e. The maximum atomic E-state index is 11.3. The molecule has 0 amide bonds. The molecule has 0 aromatic carbocycles. The molecule has 0 aliphatic heterocycles. The van der Waals surface area contributed by atoms with Gasteiger partial charge in [-0.15, -0.1) is 0 Å². The van der Waals surface area contributed by atoms with Crippen molar-refractivity contribution in [3.05, 3.63) is 0 Å². The van der Waals surface area contributed by atoms with Gasteiger partial charge in [-0.2, -0.15) is 12.6 Å². The number of aliphatic carboxylic acids is 1. The quantitative estimate of drug-likeness (QED) is 0.448. The van der Waals surface area contributed by atoms with Gasteiger partial charge in [-0.25, -0.2) is 4.79 Å². The van der Waals surface area contributed by atoms with Crippen molar-refractivity contribution in [3.63, 3.8) is 0 Å². The summed E-state index contributed by atoms with van der Waals surface area (Å²) in [6.45, 7) is 5.03. The third-order valence-corrected chi connectivity index (χ3v) is 6.42. The van der Waals surface area contributed by atoms with Crippen LogP contribution in [0.15, 0.2) is 0 Å². The van der Waals surface area contributed by atoms with E-state index in [0.29, 0.717) is 11.3 Å². The highest BCUT2D eigenvalue weighted by Crippen LogP contribution is 2.54. The molecule has 3 N–H and O–H groups in total. The van der Waals surface area contributed by atoms with Gasteiger partial charge in [0.05, 0.1) is 18.6 Å². The summed E-state index contributed by atoms with van der Waals surface area (Å²) in [4.78, 5) is 22.1. The first-order valence-corrected chi connectivity index (χ1v) is 10.7. The first-order chi connectivity index (χ1) is 12.6. The van der Waals surface area contributed by atoms with Crippen LogP contribution in [-0.2, 0) is 19.1 Å². The van der Waals surface area contributed by atoms with E-state index in [1.807, 2.05) is 0 Å². The van der Waals surface area contributed by atoms with Gasteiger partial charge in [0.25, 0.3) is 0 Å². The van der Waals surface area contributed by atoms with Gasteiger partial charge in [-0.3, -0.25) is 4.79 Å². The van der Waals surface area contributed by atoms with Crippen LogP contribution in [0.3, 0.4) is 0 Å². The Morgan fingerprint density at radius 2 is 1.59 bits per heavy atom. The number of hydrogen-bond acceptors (Lipinski definition) is 6. The number of thiol groups is 1. The monoisotopic (exact) mass is 401 g/mol. The fraction of sp³-hybridized carbons (Fsp3) is 0.900. The number of rotatable bonds is 7. The molecule has 4 bridgehead atoms. The van der Waals surface area contributed by atoms with Crippen LogP contribution >= 0.6 is 12.6 Å². The fourth-order valence-corrected chi connectivity index (χ4v) is 5.09. The first kappa shape index (κ1) is 22.5. The second-order valence-electron chi connectivity index (χ2n) is 9.01. The van der Waals surface area contributed by atoms with Crippen LogP contribution in [0.2, 0.25) is 0 Å². The van der Waals surface area contributed by atoms with Gasteiger partial charge in [0.2, 0.25) is 6.10 Å². The van der Waals surface area contributed by atoms with Gasteiger partial charge in [0, 0.05) is 11.3 Å². The SMILES string of the molecule is CC(C)OC[C@H](OC(=O)[C@H](C)CS)C(=O)O.NC12CC3CC(CC(C3)C1)C2. The highest BCUT2D eigenvalue weighted by molar-refractivity contribution is 7.80. The molecule has 0 heterocycles. The smallest absolute Gasteiger partial charge is 0.347 e. The molecule has 6 nitrogen and oxygen atoms in total. The highest BCUT2D eigenvalue weighted by atomic mass is 32.1. The molecule has 27 heavy (non-hydrogen) atoms. The molecule has 4 rings (SSSR count). The Hall–Kier alpha value is -0.790. The summed E-state index contributed by atoms with van der Waals surface area (Å²) >= 11 is 3.93. The maximum Gasteiger partial charge on any atom is 0.347 e. The van der Waals surface area contributed by atoms with Crippen LogP contribution in [0.1, 0.15) is 59.3 Å². The number of carbonyl (C=O) groups excluding carboxylic acids is 1. The van der Waals surface area contributed by atoms with E-state index in [1.54, 1.807) is 20.8 Å². The number of nitrogens with two attached hydrogens (primary N) is 1. The van der Waals surface area contributed by atoms with Crippen LogP contribution < -0.4 is 5.73 Å². The molecule has 0 aromatic heterocycles. The number of carbonyl (C=O) groups is 2. The van der Waals surface area contributed by atoms with Crippen LogP contribution in [0, 0.1) is 23.7 Å². The van der Waals surface area contributed by atoms with E-state index in [1.165, 1.54) is 38.5 Å². The summed E-state index contributed by atoms with van der Waals surface area (Å²) in [5, 5.41) is 8.81. The van der Waals surface area contributed by atoms with E-state index < -0.39 is 24.0 Å². The standard InChI is InChI=1S/C10H17N.C10H18O5S/c11-10-4-7-1-8(5-10)3-9(2-7)6-10;1-6(2)14-4-8(9(11)12)15-10(13)7(3)5-16/h7-9H,1-6,11H2;6-8,16H,4-5H2,1-3H3,(H,11,12)/t;7-,8+/m.1/s1.